The quantitative estimate of drug-likeness (QED) is 0.620. The van der Waals surface area contributed by atoms with E-state index in [0.717, 1.165) is 23.8 Å². The minimum Gasteiger partial charge on any atom is -0.356 e. The van der Waals surface area contributed by atoms with Crippen molar-refractivity contribution >= 4 is 26.6 Å². The molecule has 2 aliphatic heterocycles. The number of hydrogen-bond acceptors (Lipinski definition) is 5. The summed E-state index contributed by atoms with van der Waals surface area (Å²) in [5.74, 6) is 0. The Morgan fingerprint density at radius 1 is 1.06 bits per heavy atom. The van der Waals surface area contributed by atoms with Crippen LogP contribution in [0.5, 0.6) is 0 Å². The van der Waals surface area contributed by atoms with Gasteiger partial charge in [0.25, 0.3) is 0 Å². The van der Waals surface area contributed by atoms with Crippen molar-refractivity contribution in [1.29, 1.82) is 0 Å². The van der Waals surface area contributed by atoms with E-state index in [4.69, 9.17) is 4.74 Å². The molecule has 1 aromatic heterocycles. The van der Waals surface area contributed by atoms with Crippen molar-refractivity contribution in [3.05, 3.63) is 65.4 Å². The number of pyridine rings is 1. The smallest absolute Gasteiger partial charge is 0.245 e. The van der Waals surface area contributed by atoms with Crippen LogP contribution in [0.1, 0.15) is 29.5 Å². The van der Waals surface area contributed by atoms with E-state index in [1.165, 1.54) is 16.8 Å². The number of ether oxygens (including phenoxy) is 1. The highest BCUT2D eigenvalue weighted by Gasteiger charge is 2.34. The van der Waals surface area contributed by atoms with Gasteiger partial charge in [-0.2, -0.15) is 4.31 Å². The lowest BCUT2D eigenvalue weighted by molar-refractivity contribution is 0.0986. The Bertz CT molecular complexity index is 1230. The topological polar surface area (TPSA) is 62.7 Å². The molecule has 1 fully saturated rings. The van der Waals surface area contributed by atoms with Gasteiger partial charge in [-0.15, -0.1) is 0 Å². The van der Waals surface area contributed by atoms with Crippen LogP contribution in [0.25, 0.3) is 10.9 Å². The highest BCUT2D eigenvalue weighted by Crippen LogP contribution is 2.35. The zero-order valence-corrected chi connectivity index (χ0v) is 18.7. The third-order valence-corrected chi connectivity index (χ3v) is 8.32. The van der Waals surface area contributed by atoms with E-state index in [1.54, 1.807) is 22.6 Å². The van der Waals surface area contributed by atoms with Crippen molar-refractivity contribution in [3.8, 4) is 0 Å². The van der Waals surface area contributed by atoms with E-state index < -0.39 is 10.0 Å². The van der Waals surface area contributed by atoms with Gasteiger partial charge in [-0.1, -0.05) is 30.3 Å². The molecule has 162 valence electrons. The minimum absolute atomic E-state index is 0.264. The van der Waals surface area contributed by atoms with Gasteiger partial charge >= 0.3 is 0 Å². The molecule has 5 rings (SSSR count). The molecule has 2 aliphatic rings. The maximum absolute atomic E-state index is 13.5. The standard InChI is InChI=1S/C24H27N3O3S/c1-17-13-19-6-4-8-22(23(19)25-14-17)31(28,29)26-11-9-21(10-12-26)27-16-30-15-20-7-3-5-18(2)24(20)27/h3-8,13-14,21H,9-12,15-16H2,1-2H3. The number of nitrogens with zero attached hydrogens (tertiary/aromatic N) is 3. The maximum Gasteiger partial charge on any atom is 0.245 e. The van der Waals surface area contributed by atoms with Gasteiger partial charge in [-0.25, -0.2) is 8.42 Å². The lowest BCUT2D eigenvalue weighted by Crippen LogP contribution is -2.48. The van der Waals surface area contributed by atoms with Crippen LogP contribution < -0.4 is 4.90 Å². The number of anilines is 1. The van der Waals surface area contributed by atoms with Crippen LogP contribution in [0.3, 0.4) is 0 Å². The first-order valence-corrected chi connectivity index (χ1v) is 12.2. The van der Waals surface area contributed by atoms with Crippen LogP contribution in [0.2, 0.25) is 0 Å². The van der Waals surface area contributed by atoms with E-state index in [2.05, 4.69) is 35.0 Å². The highest BCUT2D eigenvalue weighted by atomic mass is 32.2. The van der Waals surface area contributed by atoms with E-state index >= 15 is 0 Å². The molecule has 2 aromatic carbocycles. The van der Waals surface area contributed by atoms with E-state index in [9.17, 15) is 8.42 Å². The lowest BCUT2D eigenvalue weighted by Gasteiger charge is -2.42. The third-order valence-electron chi connectivity index (χ3n) is 6.39. The first kappa shape index (κ1) is 20.4. The Hall–Kier alpha value is -2.48. The molecule has 0 aliphatic carbocycles. The molecule has 3 aromatic rings. The van der Waals surface area contributed by atoms with Gasteiger partial charge < -0.3 is 9.64 Å². The Morgan fingerprint density at radius 2 is 1.84 bits per heavy atom. The Labute approximate surface area is 183 Å². The predicted octanol–water partition coefficient (Wildman–Crippen LogP) is 4.00. The summed E-state index contributed by atoms with van der Waals surface area (Å²) in [6.07, 6.45) is 3.27. The molecular formula is C24H27N3O3S. The number of aryl methyl sites for hydroxylation is 2. The van der Waals surface area contributed by atoms with Crippen molar-refractivity contribution in [1.82, 2.24) is 9.29 Å². The third kappa shape index (κ3) is 3.60. The SMILES string of the molecule is Cc1cnc2c(S(=O)(=O)N3CCC(N4COCc5cccc(C)c54)CC3)cccc2c1. The van der Waals surface area contributed by atoms with E-state index in [1.807, 2.05) is 19.1 Å². The monoisotopic (exact) mass is 437 g/mol. The van der Waals surface area contributed by atoms with Gasteiger partial charge in [0.1, 0.15) is 11.6 Å². The van der Waals surface area contributed by atoms with Gasteiger partial charge in [0.15, 0.2) is 0 Å². The van der Waals surface area contributed by atoms with Crippen molar-refractivity contribution in [2.75, 3.05) is 24.7 Å². The summed E-state index contributed by atoms with van der Waals surface area (Å²) in [4.78, 5) is 7.05. The van der Waals surface area contributed by atoms with Gasteiger partial charge in [-0.3, -0.25) is 4.98 Å². The normalized spacial score (nSPS) is 18.3. The molecule has 31 heavy (non-hydrogen) atoms. The number of sulfonamides is 1. The zero-order chi connectivity index (χ0) is 21.6. The predicted molar refractivity (Wildman–Crippen MR) is 122 cm³/mol. The minimum atomic E-state index is -3.60. The second kappa shape index (κ2) is 7.89. The van der Waals surface area contributed by atoms with Crippen molar-refractivity contribution in [2.45, 2.75) is 44.2 Å². The van der Waals surface area contributed by atoms with Gasteiger partial charge in [-0.05, 0) is 49.9 Å². The Balaban J connectivity index is 1.38. The molecule has 0 spiro atoms. The van der Waals surface area contributed by atoms with Gasteiger partial charge in [0.05, 0.1) is 12.1 Å². The number of benzene rings is 2. The summed E-state index contributed by atoms with van der Waals surface area (Å²) in [6, 6.07) is 13.9. The maximum atomic E-state index is 13.5. The molecule has 0 unspecified atom stereocenters. The summed E-state index contributed by atoms with van der Waals surface area (Å²) in [5, 5.41) is 0.855. The van der Waals surface area contributed by atoms with Crippen molar-refractivity contribution in [2.24, 2.45) is 0 Å². The molecule has 0 amide bonds. The van der Waals surface area contributed by atoms with E-state index in [-0.39, 0.29) is 6.04 Å². The summed E-state index contributed by atoms with van der Waals surface area (Å²) in [5.41, 5.74) is 5.27. The Morgan fingerprint density at radius 3 is 2.65 bits per heavy atom. The fourth-order valence-corrected chi connectivity index (χ4v) is 6.47. The summed E-state index contributed by atoms with van der Waals surface area (Å²) >= 11 is 0. The van der Waals surface area contributed by atoms with Crippen molar-refractivity contribution in [3.63, 3.8) is 0 Å². The molecule has 0 saturated carbocycles. The van der Waals surface area contributed by atoms with E-state index in [0.29, 0.717) is 36.8 Å². The molecule has 0 atom stereocenters. The van der Waals surface area contributed by atoms with Crippen LogP contribution in [0, 0.1) is 13.8 Å². The summed E-state index contributed by atoms with van der Waals surface area (Å²) < 4.78 is 34.4. The first-order valence-electron chi connectivity index (χ1n) is 10.7. The molecule has 0 radical (unpaired) electrons. The average molecular weight is 438 g/mol. The average Bonchev–Trinajstić information content (AvgIpc) is 2.78. The fourth-order valence-electron chi connectivity index (χ4n) is 4.84. The second-order valence-corrected chi connectivity index (χ2v) is 10.4. The van der Waals surface area contributed by atoms with Crippen molar-refractivity contribution < 1.29 is 13.2 Å². The fraction of sp³-hybridized carbons (Fsp3) is 0.375. The molecule has 0 N–H and O–H groups in total. The van der Waals surface area contributed by atoms with Crippen LogP contribution in [-0.4, -0.2) is 43.6 Å². The van der Waals surface area contributed by atoms with Crippen LogP contribution in [0.4, 0.5) is 5.69 Å². The van der Waals surface area contributed by atoms with Crippen LogP contribution in [-0.2, 0) is 21.4 Å². The van der Waals surface area contributed by atoms with Crippen LogP contribution in [0.15, 0.2) is 53.6 Å². The Kier molecular flexibility index (Phi) is 5.20. The second-order valence-electron chi connectivity index (χ2n) is 8.51. The van der Waals surface area contributed by atoms with Crippen LogP contribution >= 0.6 is 0 Å². The lowest BCUT2D eigenvalue weighted by atomic mass is 10.00. The molecular weight excluding hydrogens is 410 g/mol. The van der Waals surface area contributed by atoms with Gasteiger partial charge in [0.2, 0.25) is 10.0 Å². The summed E-state index contributed by atoms with van der Waals surface area (Å²) in [6.45, 7) is 6.27. The highest BCUT2D eigenvalue weighted by molar-refractivity contribution is 7.89. The number of piperidine rings is 1. The molecule has 1 saturated heterocycles. The largest absolute Gasteiger partial charge is 0.356 e. The molecule has 3 heterocycles. The number of hydrogen-bond donors (Lipinski definition) is 0. The van der Waals surface area contributed by atoms with Gasteiger partial charge in [0, 0.05) is 42.0 Å². The number of aromatic nitrogens is 1. The number of fused-ring (bicyclic) bond motifs is 2. The number of rotatable bonds is 3. The zero-order valence-electron chi connectivity index (χ0n) is 17.9. The molecule has 6 nitrogen and oxygen atoms in total. The summed E-state index contributed by atoms with van der Waals surface area (Å²) in [7, 11) is -3.60. The first-order chi connectivity index (χ1) is 14.9. The molecule has 7 heteroatoms. The number of para-hydroxylation sites is 2. The molecule has 0 bridgehead atoms.